The predicted octanol–water partition coefficient (Wildman–Crippen LogP) is 2.19. The van der Waals surface area contributed by atoms with Crippen LogP contribution in [0.5, 0.6) is 0 Å². The summed E-state index contributed by atoms with van der Waals surface area (Å²) in [6, 6.07) is 1.97. The van der Waals surface area contributed by atoms with Crippen LogP contribution in [0.15, 0.2) is 0 Å². The van der Waals surface area contributed by atoms with E-state index >= 15 is 0 Å². The van der Waals surface area contributed by atoms with Gasteiger partial charge in [0.05, 0.1) is 0 Å². The maximum atomic E-state index is 12.1. The molecule has 3 aliphatic heterocycles. The largest absolute Gasteiger partial charge is 0.342 e. The van der Waals surface area contributed by atoms with Crippen LogP contribution in [-0.2, 0) is 4.79 Å². The molecule has 4 heteroatoms. The van der Waals surface area contributed by atoms with Crippen LogP contribution in [-0.4, -0.2) is 72.0 Å². The van der Waals surface area contributed by atoms with Crippen molar-refractivity contribution in [1.82, 2.24) is 14.7 Å². The third-order valence-electron chi connectivity index (χ3n) is 6.33. The third kappa shape index (κ3) is 3.33. The number of nitrogens with zero attached hydrogens (tertiary/aromatic N) is 3. The highest BCUT2D eigenvalue weighted by molar-refractivity contribution is 5.76. The fourth-order valence-electron chi connectivity index (χ4n) is 4.82. The molecule has 0 spiro atoms. The Morgan fingerprint density at radius 1 is 1.05 bits per heavy atom. The van der Waals surface area contributed by atoms with Crippen LogP contribution in [0.25, 0.3) is 0 Å². The van der Waals surface area contributed by atoms with E-state index in [0.717, 1.165) is 18.9 Å². The fraction of sp³-hybridized carbons (Fsp3) is 0.944. The molecule has 0 aromatic rings. The summed E-state index contributed by atoms with van der Waals surface area (Å²) in [5.41, 5.74) is 0. The van der Waals surface area contributed by atoms with Gasteiger partial charge in [0.25, 0.3) is 0 Å². The predicted molar refractivity (Wildman–Crippen MR) is 89.8 cm³/mol. The smallest absolute Gasteiger partial charge is 0.222 e. The molecule has 4 nitrogen and oxygen atoms in total. The van der Waals surface area contributed by atoms with Gasteiger partial charge in [-0.1, -0.05) is 0 Å². The molecule has 3 fully saturated rings. The molecule has 22 heavy (non-hydrogen) atoms. The molecule has 3 rings (SSSR count). The van der Waals surface area contributed by atoms with E-state index in [-0.39, 0.29) is 0 Å². The molecular formula is C18H33N3O. The van der Waals surface area contributed by atoms with Gasteiger partial charge >= 0.3 is 0 Å². The summed E-state index contributed by atoms with van der Waals surface area (Å²) in [5, 5.41) is 0. The summed E-state index contributed by atoms with van der Waals surface area (Å²) in [5.74, 6) is 1.07. The second-order valence-electron chi connectivity index (χ2n) is 7.87. The Kier molecular flexibility index (Phi) is 5.08. The molecule has 0 N–H and O–H groups in total. The average molecular weight is 307 g/mol. The van der Waals surface area contributed by atoms with E-state index in [0.29, 0.717) is 23.9 Å². The number of amides is 1. The van der Waals surface area contributed by atoms with Crippen molar-refractivity contribution < 1.29 is 4.79 Å². The molecule has 3 heterocycles. The molecule has 0 radical (unpaired) electrons. The zero-order valence-corrected chi connectivity index (χ0v) is 14.6. The van der Waals surface area contributed by atoms with Gasteiger partial charge in [-0.3, -0.25) is 9.69 Å². The maximum absolute atomic E-state index is 12.1. The summed E-state index contributed by atoms with van der Waals surface area (Å²) in [6.45, 7) is 9.53. The van der Waals surface area contributed by atoms with E-state index in [1.807, 2.05) is 7.05 Å². The number of likely N-dealkylation sites (tertiary alicyclic amines) is 3. The monoisotopic (exact) mass is 307 g/mol. The van der Waals surface area contributed by atoms with Gasteiger partial charge < -0.3 is 9.80 Å². The minimum atomic E-state index is 0.367. The normalized spacial score (nSPS) is 33.1. The second-order valence-corrected chi connectivity index (χ2v) is 7.87. The molecule has 0 aliphatic carbocycles. The molecule has 3 saturated heterocycles. The molecule has 0 unspecified atom stereocenters. The van der Waals surface area contributed by atoms with Crippen molar-refractivity contribution in [2.45, 2.75) is 70.5 Å². The molecular weight excluding hydrogens is 274 g/mol. The van der Waals surface area contributed by atoms with E-state index in [4.69, 9.17) is 0 Å². The lowest BCUT2D eigenvalue weighted by Gasteiger charge is -2.46. The van der Waals surface area contributed by atoms with E-state index < -0.39 is 0 Å². The molecule has 0 bridgehead atoms. The third-order valence-corrected chi connectivity index (χ3v) is 6.33. The Balaban J connectivity index is 1.57. The van der Waals surface area contributed by atoms with Gasteiger partial charge in [0.15, 0.2) is 0 Å². The number of hydrogen-bond donors (Lipinski definition) is 0. The molecule has 0 aromatic heterocycles. The molecule has 0 saturated carbocycles. The average Bonchev–Trinajstić information content (AvgIpc) is 2.67. The minimum absolute atomic E-state index is 0.367. The maximum Gasteiger partial charge on any atom is 0.222 e. The number of hydrogen-bond acceptors (Lipinski definition) is 3. The van der Waals surface area contributed by atoms with Crippen LogP contribution >= 0.6 is 0 Å². The van der Waals surface area contributed by atoms with Crippen molar-refractivity contribution in [3.63, 3.8) is 0 Å². The lowest BCUT2D eigenvalue weighted by molar-refractivity contribution is -0.133. The number of piperidine rings is 2. The summed E-state index contributed by atoms with van der Waals surface area (Å²) in [6.07, 6.45) is 6.91. The van der Waals surface area contributed by atoms with Gasteiger partial charge in [-0.25, -0.2) is 0 Å². The SMILES string of the molecule is CC(C)N1CCC(N2CC[C@@H]3[C@@H](CCCC(=O)N3C)C2)CC1. The Morgan fingerprint density at radius 3 is 2.45 bits per heavy atom. The topological polar surface area (TPSA) is 26.8 Å². The first-order chi connectivity index (χ1) is 10.6. The van der Waals surface area contributed by atoms with Crippen molar-refractivity contribution in [2.24, 2.45) is 5.92 Å². The first-order valence-electron chi connectivity index (χ1n) is 9.30. The van der Waals surface area contributed by atoms with E-state index in [9.17, 15) is 4.79 Å². The molecule has 2 atom stereocenters. The Hall–Kier alpha value is -0.610. The van der Waals surface area contributed by atoms with Crippen LogP contribution in [0.2, 0.25) is 0 Å². The quantitative estimate of drug-likeness (QED) is 0.782. The van der Waals surface area contributed by atoms with Gasteiger partial charge in [0.1, 0.15) is 0 Å². The fourth-order valence-corrected chi connectivity index (χ4v) is 4.82. The minimum Gasteiger partial charge on any atom is -0.342 e. The number of fused-ring (bicyclic) bond motifs is 1. The summed E-state index contributed by atoms with van der Waals surface area (Å²) >= 11 is 0. The lowest BCUT2D eigenvalue weighted by Crippen LogP contribution is -2.55. The lowest BCUT2D eigenvalue weighted by atomic mass is 9.86. The summed E-state index contributed by atoms with van der Waals surface area (Å²) in [4.78, 5) is 19.5. The molecule has 3 aliphatic rings. The van der Waals surface area contributed by atoms with Crippen LogP contribution in [0.3, 0.4) is 0 Å². The van der Waals surface area contributed by atoms with Gasteiger partial charge in [-0.2, -0.15) is 0 Å². The second kappa shape index (κ2) is 6.88. The number of carbonyl (C=O) groups excluding carboxylic acids is 1. The van der Waals surface area contributed by atoms with Crippen molar-refractivity contribution in [2.75, 3.05) is 33.2 Å². The van der Waals surface area contributed by atoms with Gasteiger partial charge in [0, 0.05) is 44.7 Å². The molecule has 1 amide bonds. The summed E-state index contributed by atoms with van der Waals surface area (Å²) in [7, 11) is 2.03. The highest BCUT2D eigenvalue weighted by Crippen LogP contribution is 2.32. The van der Waals surface area contributed by atoms with E-state index in [1.54, 1.807) is 0 Å². The zero-order chi connectivity index (χ0) is 15.7. The Labute approximate surface area is 135 Å². The van der Waals surface area contributed by atoms with Crippen molar-refractivity contribution in [1.29, 1.82) is 0 Å². The zero-order valence-electron chi connectivity index (χ0n) is 14.6. The highest BCUT2D eigenvalue weighted by atomic mass is 16.2. The van der Waals surface area contributed by atoms with Crippen LogP contribution in [0.4, 0.5) is 0 Å². The van der Waals surface area contributed by atoms with Crippen LogP contribution < -0.4 is 0 Å². The van der Waals surface area contributed by atoms with Crippen molar-refractivity contribution >= 4 is 5.91 Å². The molecule has 0 aromatic carbocycles. The molecule has 126 valence electrons. The first kappa shape index (κ1) is 16.3. The standard InChI is InChI=1S/C18H33N3O/c1-14(2)20-10-7-16(8-11-20)21-12-9-17-15(13-21)5-4-6-18(22)19(17)3/h14-17H,4-13H2,1-3H3/t15-,17+/m0/s1. The van der Waals surface area contributed by atoms with Crippen LogP contribution in [0, 0.1) is 5.92 Å². The first-order valence-corrected chi connectivity index (χ1v) is 9.30. The van der Waals surface area contributed by atoms with Crippen LogP contribution in [0.1, 0.15) is 52.4 Å². The van der Waals surface area contributed by atoms with Gasteiger partial charge in [-0.05, 0) is 65.0 Å². The Morgan fingerprint density at radius 2 is 1.77 bits per heavy atom. The van der Waals surface area contributed by atoms with Crippen molar-refractivity contribution in [3.05, 3.63) is 0 Å². The Bertz CT molecular complexity index is 390. The van der Waals surface area contributed by atoms with Gasteiger partial charge in [0.2, 0.25) is 5.91 Å². The van der Waals surface area contributed by atoms with Gasteiger partial charge in [-0.15, -0.1) is 0 Å². The van der Waals surface area contributed by atoms with Crippen molar-refractivity contribution in [3.8, 4) is 0 Å². The van der Waals surface area contributed by atoms with E-state index in [1.165, 1.54) is 51.9 Å². The number of rotatable bonds is 2. The number of carbonyl (C=O) groups is 1. The summed E-state index contributed by atoms with van der Waals surface area (Å²) < 4.78 is 0. The highest BCUT2D eigenvalue weighted by Gasteiger charge is 2.38. The van der Waals surface area contributed by atoms with E-state index in [2.05, 4.69) is 28.5 Å².